The largest absolute Gasteiger partial charge is 0.482 e. The summed E-state index contributed by atoms with van der Waals surface area (Å²) in [6.45, 7) is 3.60. The second-order valence-electron chi connectivity index (χ2n) is 6.77. The number of nitrogens with one attached hydrogen (secondary N) is 1. The van der Waals surface area contributed by atoms with E-state index in [4.69, 9.17) is 27.9 Å². The topological polar surface area (TPSA) is 58.6 Å². The standard InChI is InChI=1S/C23H21Cl2NO3/c1-14-10-15(2)23(19(25)11-14)29-13-21(27)26-20-9-8-17(24)12-18(20)22(28)16-6-4-3-5-7-16/h3-12,22,28H,13H2,1-2H3,(H,26,27)/t22-/m0/s1. The first-order valence-electron chi connectivity index (χ1n) is 9.07. The highest BCUT2D eigenvalue weighted by Crippen LogP contribution is 2.32. The van der Waals surface area contributed by atoms with E-state index >= 15 is 0 Å². The maximum atomic E-state index is 12.5. The lowest BCUT2D eigenvalue weighted by molar-refractivity contribution is -0.118. The average molecular weight is 430 g/mol. The summed E-state index contributed by atoms with van der Waals surface area (Å²) >= 11 is 12.3. The van der Waals surface area contributed by atoms with E-state index in [0.29, 0.717) is 32.6 Å². The van der Waals surface area contributed by atoms with Gasteiger partial charge in [-0.3, -0.25) is 4.79 Å². The minimum atomic E-state index is -0.931. The van der Waals surface area contributed by atoms with Crippen LogP contribution in [0.25, 0.3) is 0 Å². The van der Waals surface area contributed by atoms with E-state index in [1.165, 1.54) is 0 Å². The molecule has 0 saturated carbocycles. The second kappa shape index (κ2) is 9.31. The highest BCUT2D eigenvalue weighted by molar-refractivity contribution is 6.32. The third kappa shape index (κ3) is 5.30. The molecular formula is C23H21Cl2NO3. The third-order valence-corrected chi connectivity index (χ3v) is 4.93. The Bertz CT molecular complexity index is 999. The van der Waals surface area contributed by atoms with Crippen molar-refractivity contribution in [2.45, 2.75) is 20.0 Å². The zero-order valence-corrected chi connectivity index (χ0v) is 17.6. The Morgan fingerprint density at radius 2 is 1.79 bits per heavy atom. The summed E-state index contributed by atoms with van der Waals surface area (Å²) in [7, 11) is 0. The van der Waals surface area contributed by atoms with Crippen LogP contribution in [-0.2, 0) is 4.79 Å². The molecule has 2 N–H and O–H groups in total. The van der Waals surface area contributed by atoms with Crippen LogP contribution in [0.4, 0.5) is 5.69 Å². The zero-order chi connectivity index (χ0) is 21.0. The summed E-state index contributed by atoms with van der Waals surface area (Å²) in [5.41, 5.74) is 3.54. The molecule has 0 radical (unpaired) electrons. The summed E-state index contributed by atoms with van der Waals surface area (Å²) in [6.07, 6.45) is -0.931. The molecule has 0 unspecified atom stereocenters. The van der Waals surface area contributed by atoms with E-state index in [9.17, 15) is 9.90 Å². The van der Waals surface area contributed by atoms with Gasteiger partial charge in [0.25, 0.3) is 5.91 Å². The SMILES string of the molecule is Cc1cc(C)c(OCC(=O)Nc2ccc(Cl)cc2[C@@H](O)c2ccccc2)c(Cl)c1. The van der Waals surface area contributed by atoms with Crippen LogP contribution >= 0.6 is 23.2 Å². The molecule has 0 spiro atoms. The zero-order valence-electron chi connectivity index (χ0n) is 16.1. The van der Waals surface area contributed by atoms with Gasteiger partial charge in [-0.25, -0.2) is 0 Å². The van der Waals surface area contributed by atoms with Gasteiger partial charge < -0.3 is 15.2 Å². The Balaban J connectivity index is 1.76. The number of aliphatic hydroxyl groups excluding tert-OH is 1. The smallest absolute Gasteiger partial charge is 0.262 e. The molecule has 3 aromatic carbocycles. The lowest BCUT2D eigenvalue weighted by atomic mass is 10.00. The number of carbonyl (C=O) groups is 1. The summed E-state index contributed by atoms with van der Waals surface area (Å²) in [5, 5.41) is 14.5. The molecule has 6 heteroatoms. The lowest BCUT2D eigenvalue weighted by Gasteiger charge is -2.18. The summed E-state index contributed by atoms with van der Waals surface area (Å²) < 4.78 is 5.63. The number of halogens is 2. The van der Waals surface area contributed by atoms with Crippen molar-refractivity contribution in [2.75, 3.05) is 11.9 Å². The molecule has 29 heavy (non-hydrogen) atoms. The lowest BCUT2D eigenvalue weighted by Crippen LogP contribution is -2.21. The molecular weight excluding hydrogens is 409 g/mol. The van der Waals surface area contributed by atoms with Gasteiger partial charge in [0, 0.05) is 16.3 Å². The molecule has 0 saturated heterocycles. The van der Waals surface area contributed by atoms with Gasteiger partial charge in [0.05, 0.1) is 5.02 Å². The number of hydrogen-bond donors (Lipinski definition) is 2. The minimum Gasteiger partial charge on any atom is -0.482 e. The van der Waals surface area contributed by atoms with E-state index in [-0.39, 0.29) is 12.5 Å². The van der Waals surface area contributed by atoms with Gasteiger partial charge in [-0.05, 0) is 54.8 Å². The number of benzene rings is 3. The van der Waals surface area contributed by atoms with E-state index in [1.54, 1.807) is 24.3 Å². The number of anilines is 1. The van der Waals surface area contributed by atoms with Crippen LogP contribution < -0.4 is 10.1 Å². The van der Waals surface area contributed by atoms with E-state index < -0.39 is 6.10 Å². The molecule has 150 valence electrons. The summed E-state index contributed by atoms with van der Waals surface area (Å²) in [6, 6.07) is 17.8. The number of carbonyl (C=O) groups excluding carboxylic acids is 1. The average Bonchev–Trinajstić information content (AvgIpc) is 2.68. The molecule has 0 aromatic heterocycles. The Labute approximate surface area is 180 Å². The van der Waals surface area contributed by atoms with Gasteiger partial charge in [0.2, 0.25) is 0 Å². The van der Waals surface area contributed by atoms with Gasteiger partial charge in [-0.1, -0.05) is 59.6 Å². The number of ether oxygens (including phenoxy) is 1. The molecule has 0 aliphatic rings. The second-order valence-corrected chi connectivity index (χ2v) is 7.62. The van der Waals surface area contributed by atoms with E-state index in [1.807, 2.05) is 50.2 Å². The highest BCUT2D eigenvalue weighted by Gasteiger charge is 2.17. The first-order valence-corrected chi connectivity index (χ1v) is 9.82. The van der Waals surface area contributed by atoms with Crippen LogP contribution in [0.3, 0.4) is 0 Å². The molecule has 0 bridgehead atoms. The van der Waals surface area contributed by atoms with Crippen LogP contribution in [0.5, 0.6) is 5.75 Å². The van der Waals surface area contributed by atoms with Crippen LogP contribution in [-0.4, -0.2) is 17.6 Å². The monoisotopic (exact) mass is 429 g/mol. The fraction of sp³-hybridized carbons (Fsp3) is 0.174. The Morgan fingerprint density at radius 3 is 2.48 bits per heavy atom. The van der Waals surface area contributed by atoms with Gasteiger partial charge in [0.1, 0.15) is 11.9 Å². The molecule has 1 atom stereocenters. The van der Waals surface area contributed by atoms with Gasteiger partial charge in [-0.15, -0.1) is 0 Å². The van der Waals surface area contributed by atoms with E-state index in [2.05, 4.69) is 5.32 Å². The van der Waals surface area contributed by atoms with Crippen LogP contribution in [0, 0.1) is 13.8 Å². The molecule has 3 rings (SSSR count). The Kier molecular flexibility index (Phi) is 6.80. The minimum absolute atomic E-state index is 0.215. The fourth-order valence-electron chi connectivity index (χ4n) is 3.10. The molecule has 1 amide bonds. The molecule has 0 aliphatic heterocycles. The number of aliphatic hydroxyl groups is 1. The van der Waals surface area contributed by atoms with Gasteiger partial charge in [-0.2, -0.15) is 0 Å². The highest BCUT2D eigenvalue weighted by atomic mass is 35.5. The predicted molar refractivity (Wildman–Crippen MR) is 117 cm³/mol. The van der Waals surface area contributed by atoms with Crippen molar-refractivity contribution in [2.24, 2.45) is 0 Å². The number of rotatable bonds is 6. The van der Waals surface area contributed by atoms with Crippen LogP contribution in [0.1, 0.15) is 28.4 Å². The number of aryl methyl sites for hydroxylation is 2. The molecule has 3 aromatic rings. The molecule has 4 nitrogen and oxygen atoms in total. The van der Waals surface area contributed by atoms with Crippen molar-refractivity contribution in [3.05, 3.63) is 93.0 Å². The first-order chi connectivity index (χ1) is 13.8. The van der Waals surface area contributed by atoms with E-state index in [0.717, 1.165) is 11.1 Å². The maximum Gasteiger partial charge on any atom is 0.262 e. The molecule has 0 heterocycles. The van der Waals surface area contributed by atoms with Crippen molar-refractivity contribution in [3.8, 4) is 5.75 Å². The number of hydrogen-bond acceptors (Lipinski definition) is 3. The molecule has 0 aliphatic carbocycles. The van der Waals surface area contributed by atoms with Crippen LogP contribution in [0.15, 0.2) is 60.7 Å². The van der Waals surface area contributed by atoms with Crippen LogP contribution in [0.2, 0.25) is 10.0 Å². The number of amides is 1. The summed E-state index contributed by atoms with van der Waals surface area (Å²) in [5.74, 6) is 0.109. The first kappa shape index (κ1) is 21.2. The van der Waals surface area contributed by atoms with Crippen molar-refractivity contribution in [1.29, 1.82) is 0 Å². The molecule has 0 fully saturated rings. The quantitative estimate of drug-likeness (QED) is 0.527. The van der Waals surface area contributed by atoms with Gasteiger partial charge >= 0.3 is 0 Å². The maximum absolute atomic E-state index is 12.5. The Morgan fingerprint density at radius 1 is 1.07 bits per heavy atom. The third-order valence-electron chi connectivity index (χ3n) is 4.42. The van der Waals surface area contributed by atoms with Crippen molar-refractivity contribution in [3.63, 3.8) is 0 Å². The Hall–Kier alpha value is -2.53. The summed E-state index contributed by atoms with van der Waals surface area (Å²) in [4.78, 5) is 12.5. The van der Waals surface area contributed by atoms with Crippen molar-refractivity contribution < 1.29 is 14.6 Å². The fourth-order valence-corrected chi connectivity index (χ4v) is 3.65. The van der Waals surface area contributed by atoms with Crippen molar-refractivity contribution in [1.82, 2.24) is 0 Å². The normalized spacial score (nSPS) is 11.8. The predicted octanol–water partition coefficient (Wildman–Crippen LogP) is 5.71. The van der Waals surface area contributed by atoms with Gasteiger partial charge in [0.15, 0.2) is 6.61 Å². The van der Waals surface area contributed by atoms with Crippen molar-refractivity contribution >= 4 is 34.8 Å².